The predicted octanol–water partition coefficient (Wildman–Crippen LogP) is 6.13. The lowest BCUT2D eigenvalue weighted by atomic mass is 10.2. The van der Waals surface area contributed by atoms with Crippen LogP contribution in [0.5, 0.6) is 0 Å². The lowest BCUT2D eigenvalue weighted by Gasteiger charge is -2.12. The van der Waals surface area contributed by atoms with Gasteiger partial charge in [0, 0.05) is 33.0 Å². The second kappa shape index (κ2) is 9.21. The summed E-state index contributed by atoms with van der Waals surface area (Å²) in [5, 5.41) is 4.20. The van der Waals surface area contributed by atoms with Crippen LogP contribution in [0.25, 0.3) is 11.0 Å². The number of imidazole rings is 1. The number of nitrogens with one attached hydrogen (secondary N) is 1. The van der Waals surface area contributed by atoms with Gasteiger partial charge in [0.1, 0.15) is 5.82 Å². The van der Waals surface area contributed by atoms with Crippen LogP contribution in [0.15, 0.2) is 71.2 Å². The Bertz CT molecular complexity index is 1220. The zero-order valence-electron chi connectivity index (χ0n) is 15.9. The van der Waals surface area contributed by atoms with E-state index >= 15 is 0 Å². The third-order valence-electron chi connectivity index (χ3n) is 4.80. The minimum Gasteiger partial charge on any atom is -0.352 e. The molecule has 1 amide bonds. The van der Waals surface area contributed by atoms with Crippen molar-refractivity contribution in [3.8, 4) is 0 Å². The van der Waals surface area contributed by atoms with Crippen LogP contribution in [0.4, 0.5) is 0 Å². The van der Waals surface area contributed by atoms with Crippen molar-refractivity contribution in [3.63, 3.8) is 0 Å². The second-order valence-corrected chi connectivity index (χ2v) is 8.61. The Balaban J connectivity index is 1.55. The van der Waals surface area contributed by atoms with Gasteiger partial charge in [-0.1, -0.05) is 63.4 Å². The first kappa shape index (κ1) is 20.9. The molecule has 4 rings (SSSR count). The highest BCUT2D eigenvalue weighted by atomic mass is 79.9. The number of fused-ring (bicyclic) bond motifs is 1. The lowest BCUT2D eigenvalue weighted by Crippen LogP contribution is -2.26. The van der Waals surface area contributed by atoms with Gasteiger partial charge in [0.2, 0.25) is 0 Å². The van der Waals surface area contributed by atoms with Crippen molar-refractivity contribution in [1.82, 2.24) is 14.9 Å². The second-order valence-electron chi connectivity index (χ2n) is 6.85. The van der Waals surface area contributed by atoms with Gasteiger partial charge < -0.3 is 9.88 Å². The molecular formula is C23H18BrCl2N3O. The van der Waals surface area contributed by atoms with E-state index in [4.69, 9.17) is 28.2 Å². The van der Waals surface area contributed by atoms with Gasteiger partial charge in [0.25, 0.3) is 5.91 Å². The molecule has 1 N–H and O–H groups in total. The largest absolute Gasteiger partial charge is 0.352 e. The third kappa shape index (κ3) is 4.69. The Kier molecular flexibility index (Phi) is 6.42. The number of hydrogen-bond acceptors (Lipinski definition) is 2. The molecule has 0 saturated carbocycles. The molecule has 0 bridgehead atoms. The molecule has 0 aliphatic rings. The van der Waals surface area contributed by atoms with Crippen molar-refractivity contribution >= 4 is 56.1 Å². The first-order valence-electron chi connectivity index (χ1n) is 9.43. The minimum atomic E-state index is -0.111. The van der Waals surface area contributed by atoms with Crippen LogP contribution in [0.3, 0.4) is 0 Å². The number of hydrogen-bond donors (Lipinski definition) is 1. The minimum absolute atomic E-state index is 0.111. The molecule has 1 heterocycles. The molecule has 0 unspecified atom stereocenters. The fraction of sp³-hybridized carbons (Fsp3) is 0.130. The SMILES string of the molecule is O=C(NCCc1nc2ccccc2n1Cc1ccc(Cl)cc1Cl)c1cccc(Br)c1. The van der Waals surface area contributed by atoms with E-state index in [9.17, 15) is 4.79 Å². The van der Waals surface area contributed by atoms with Crippen LogP contribution in [0.2, 0.25) is 10.0 Å². The van der Waals surface area contributed by atoms with Crippen LogP contribution in [0.1, 0.15) is 21.7 Å². The molecule has 152 valence electrons. The van der Waals surface area contributed by atoms with Gasteiger partial charge in [-0.05, 0) is 48.0 Å². The van der Waals surface area contributed by atoms with E-state index in [1.54, 1.807) is 18.2 Å². The Hall–Kier alpha value is -2.34. The zero-order chi connectivity index (χ0) is 21.1. The smallest absolute Gasteiger partial charge is 0.251 e. The average Bonchev–Trinajstić information content (AvgIpc) is 3.07. The predicted molar refractivity (Wildman–Crippen MR) is 125 cm³/mol. The molecule has 0 spiro atoms. The van der Waals surface area contributed by atoms with Crippen molar-refractivity contribution in [1.29, 1.82) is 0 Å². The zero-order valence-corrected chi connectivity index (χ0v) is 19.0. The van der Waals surface area contributed by atoms with E-state index in [-0.39, 0.29) is 5.91 Å². The van der Waals surface area contributed by atoms with Crippen molar-refractivity contribution in [2.75, 3.05) is 6.54 Å². The van der Waals surface area contributed by atoms with Crippen LogP contribution in [-0.2, 0) is 13.0 Å². The Morgan fingerprint density at radius 1 is 1.03 bits per heavy atom. The fourth-order valence-electron chi connectivity index (χ4n) is 3.33. The first-order valence-corrected chi connectivity index (χ1v) is 11.0. The van der Waals surface area contributed by atoms with Gasteiger partial charge in [0.05, 0.1) is 17.6 Å². The molecule has 30 heavy (non-hydrogen) atoms. The highest BCUT2D eigenvalue weighted by Gasteiger charge is 2.13. The summed E-state index contributed by atoms with van der Waals surface area (Å²) in [4.78, 5) is 17.2. The monoisotopic (exact) mass is 501 g/mol. The average molecular weight is 503 g/mol. The highest BCUT2D eigenvalue weighted by Crippen LogP contribution is 2.25. The molecule has 7 heteroatoms. The van der Waals surface area contributed by atoms with E-state index in [0.717, 1.165) is 26.9 Å². The molecular weight excluding hydrogens is 485 g/mol. The first-order chi connectivity index (χ1) is 14.5. The van der Waals surface area contributed by atoms with Crippen molar-refractivity contribution in [2.24, 2.45) is 0 Å². The fourth-order valence-corrected chi connectivity index (χ4v) is 4.20. The number of para-hydroxylation sites is 2. The lowest BCUT2D eigenvalue weighted by molar-refractivity contribution is 0.0954. The third-order valence-corrected chi connectivity index (χ3v) is 5.88. The van der Waals surface area contributed by atoms with Crippen molar-refractivity contribution in [2.45, 2.75) is 13.0 Å². The normalized spacial score (nSPS) is 11.0. The van der Waals surface area contributed by atoms with Gasteiger partial charge in [-0.25, -0.2) is 4.98 Å². The van der Waals surface area contributed by atoms with E-state index in [1.165, 1.54) is 0 Å². The topological polar surface area (TPSA) is 46.9 Å². The summed E-state index contributed by atoms with van der Waals surface area (Å²) in [6.45, 7) is 1.05. The maximum absolute atomic E-state index is 12.4. The quantitative estimate of drug-likeness (QED) is 0.345. The van der Waals surface area contributed by atoms with Gasteiger partial charge in [-0.15, -0.1) is 0 Å². The molecule has 0 saturated heterocycles. The number of rotatable bonds is 6. The maximum Gasteiger partial charge on any atom is 0.251 e. The summed E-state index contributed by atoms with van der Waals surface area (Å²) in [6.07, 6.45) is 0.597. The standard InChI is InChI=1S/C23H18BrCl2N3O/c24-17-5-3-4-15(12-17)23(30)27-11-10-22-28-20-6-1-2-7-21(20)29(22)14-16-8-9-18(25)13-19(16)26/h1-9,12-13H,10-11,14H2,(H,27,30). The van der Waals surface area contributed by atoms with Gasteiger partial charge in [0.15, 0.2) is 0 Å². The van der Waals surface area contributed by atoms with Gasteiger partial charge in [-0.2, -0.15) is 0 Å². The van der Waals surface area contributed by atoms with E-state index in [1.807, 2.05) is 48.5 Å². The van der Waals surface area contributed by atoms with Crippen molar-refractivity contribution in [3.05, 3.63) is 98.2 Å². The molecule has 1 aromatic heterocycles. The molecule has 3 aromatic carbocycles. The highest BCUT2D eigenvalue weighted by molar-refractivity contribution is 9.10. The molecule has 0 radical (unpaired) electrons. The van der Waals surface area contributed by atoms with Gasteiger partial charge >= 0.3 is 0 Å². The Morgan fingerprint density at radius 3 is 2.67 bits per heavy atom. The van der Waals surface area contributed by atoms with Gasteiger partial charge in [-0.3, -0.25) is 4.79 Å². The van der Waals surface area contributed by atoms with Crippen molar-refractivity contribution < 1.29 is 4.79 Å². The molecule has 4 nitrogen and oxygen atoms in total. The number of amides is 1. The number of halogens is 3. The summed E-state index contributed by atoms with van der Waals surface area (Å²) in [5.41, 5.74) is 3.52. The number of benzene rings is 3. The maximum atomic E-state index is 12.4. The molecule has 0 aliphatic heterocycles. The summed E-state index contributed by atoms with van der Waals surface area (Å²) in [7, 11) is 0. The summed E-state index contributed by atoms with van der Waals surface area (Å²) >= 11 is 15.8. The number of nitrogens with zero attached hydrogens (tertiary/aromatic N) is 2. The Morgan fingerprint density at radius 2 is 1.87 bits per heavy atom. The summed E-state index contributed by atoms with van der Waals surface area (Å²) in [6, 6.07) is 20.8. The number of carbonyl (C=O) groups excluding carboxylic acids is 1. The van der Waals surface area contributed by atoms with E-state index in [0.29, 0.717) is 35.1 Å². The van der Waals surface area contributed by atoms with Crippen LogP contribution in [0, 0.1) is 0 Å². The van der Waals surface area contributed by atoms with Crippen LogP contribution in [-0.4, -0.2) is 22.0 Å². The molecule has 0 aliphatic carbocycles. The Labute approximate surface area is 193 Å². The molecule has 4 aromatic rings. The van der Waals surface area contributed by atoms with Crippen LogP contribution < -0.4 is 5.32 Å². The molecule has 0 fully saturated rings. The van der Waals surface area contributed by atoms with E-state index < -0.39 is 0 Å². The summed E-state index contributed by atoms with van der Waals surface area (Å²) < 4.78 is 3.01. The van der Waals surface area contributed by atoms with Crippen LogP contribution >= 0.6 is 39.1 Å². The van der Waals surface area contributed by atoms with E-state index in [2.05, 4.69) is 25.8 Å². The summed E-state index contributed by atoms with van der Waals surface area (Å²) in [5.74, 6) is 0.775. The number of aromatic nitrogens is 2. The molecule has 0 atom stereocenters. The number of carbonyl (C=O) groups is 1.